The molecule has 0 fully saturated rings. The SMILES string of the molecule is C=C/C=C\C(=C/C)c1nc(-c2ccccc2)nc2c1oc1c(Br)cccc12. The molecule has 0 amide bonds. The molecule has 0 unspecified atom stereocenters. The van der Waals surface area contributed by atoms with Gasteiger partial charge in [-0.1, -0.05) is 67.3 Å². The van der Waals surface area contributed by atoms with Gasteiger partial charge in [0.25, 0.3) is 0 Å². The van der Waals surface area contributed by atoms with Crippen LogP contribution in [0, 0.1) is 0 Å². The highest BCUT2D eigenvalue weighted by Gasteiger charge is 2.19. The lowest BCUT2D eigenvalue weighted by Crippen LogP contribution is -1.96. The van der Waals surface area contributed by atoms with Crippen molar-refractivity contribution in [3.63, 3.8) is 0 Å². The van der Waals surface area contributed by atoms with Crippen LogP contribution >= 0.6 is 15.9 Å². The minimum Gasteiger partial charge on any atom is -0.451 e. The normalized spacial score (nSPS) is 12.3. The Morgan fingerprint density at radius 2 is 1.85 bits per heavy atom. The van der Waals surface area contributed by atoms with Gasteiger partial charge in [0.1, 0.15) is 11.2 Å². The summed E-state index contributed by atoms with van der Waals surface area (Å²) < 4.78 is 7.09. The van der Waals surface area contributed by atoms with Crippen LogP contribution in [0.15, 0.2) is 88.3 Å². The van der Waals surface area contributed by atoms with E-state index in [1.807, 2.05) is 73.7 Å². The number of nitrogens with zero attached hydrogens (tertiary/aromatic N) is 2. The van der Waals surface area contributed by atoms with Crippen LogP contribution < -0.4 is 0 Å². The maximum atomic E-state index is 6.20. The Bertz CT molecular complexity index is 1200. The number of aromatic nitrogens is 2. The van der Waals surface area contributed by atoms with Gasteiger partial charge < -0.3 is 4.42 Å². The zero-order chi connectivity index (χ0) is 18.8. The van der Waals surface area contributed by atoms with Crippen LogP contribution in [0.1, 0.15) is 12.6 Å². The second-order valence-corrected chi connectivity index (χ2v) is 6.85. The molecule has 132 valence electrons. The fraction of sp³-hybridized carbons (Fsp3) is 0.0435. The summed E-state index contributed by atoms with van der Waals surface area (Å²) in [6.07, 6.45) is 7.63. The fourth-order valence-corrected chi connectivity index (χ4v) is 3.47. The number of fused-ring (bicyclic) bond motifs is 3. The van der Waals surface area contributed by atoms with E-state index in [4.69, 9.17) is 14.4 Å². The van der Waals surface area contributed by atoms with Gasteiger partial charge in [0.05, 0.1) is 4.47 Å². The van der Waals surface area contributed by atoms with E-state index < -0.39 is 0 Å². The summed E-state index contributed by atoms with van der Waals surface area (Å²) in [6, 6.07) is 15.9. The van der Waals surface area contributed by atoms with Gasteiger partial charge in [-0.25, -0.2) is 9.97 Å². The molecule has 4 aromatic rings. The number of allylic oxidation sites excluding steroid dienone is 5. The first kappa shape index (κ1) is 17.4. The first-order valence-electron chi connectivity index (χ1n) is 8.63. The molecule has 0 N–H and O–H groups in total. The fourth-order valence-electron chi connectivity index (χ4n) is 3.03. The van der Waals surface area contributed by atoms with E-state index in [1.54, 1.807) is 6.08 Å². The molecule has 0 atom stereocenters. The highest BCUT2D eigenvalue weighted by molar-refractivity contribution is 9.10. The van der Waals surface area contributed by atoms with Crippen molar-refractivity contribution >= 4 is 43.6 Å². The summed E-state index contributed by atoms with van der Waals surface area (Å²) in [7, 11) is 0. The van der Waals surface area contributed by atoms with Crippen molar-refractivity contribution in [2.24, 2.45) is 0 Å². The van der Waals surface area contributed by atoms with Crippen molar-refractivity contribution in [1.82, 2.24) is 9.97 Å². The molecule has 0 aliphatic carbocycles. The molecule has 0 aliphatic heterocycles. The van der Waals surface area contributed by atoms with Crippen molar-refractivity contribution in [3.05, 3.63) is 89.6 Å². The number of benzene rings is 2. The third-order valence-electron chi connectivity index (χ3n) is 4.32. The average molecular weight is 417 g/mol. The van der Waals surface area contributed by atoms with Gasteiger partial charge in [-0.3, -0.25) is 0 Å². The van der Waals surface area contributed by atoms with Gasteiger partial charge in [-0.2, -0.15) is 0 Å². The second kappa shape index (κ2) is 7.33. The van der Waals surface area contributed by atoms with E-state index >= 15 is 0 Å². The topological polar surface area (TPSA) is 38.9 Å². The molecule has 0 aliphatic rings. The zero-order valence-corrected chi connectivity index (χ0v) is 16.4. The molecule has 2 aromatic heterocycles. The summed E-state index contributed by atoms with van der Waals surface area (Å²) >= 11 is 3.58. The second-order valence-electron chi connectivity index (χ2n) is 6.00. The Hall–Kier alpha value is -2.98. The molecule has 2 aromatic carbocycles. The monoisotopic (exact) mass is 416 g/mol. The number of hydrogen-bond acceptors (Lipinski definition) is 3. The molecule has 2 heterocycles. The summed E-state index contributed by atoms with van der Waals surface area (Å²) in [5.74, 6) is 0.673. The zero-order valence-electron chi connectivity index (χ0n) is 14.8. The van der Waals surface area contributed by atoms with Crippen molar-refractivity contribution in [2.75, 3.05) is 0 Å². The van der Waals surface area contributed by atoms with Crippen molar-refractivity contribution in [1.29, 1.82) is 0 Å². The van der Waals surface area contributed by atoms with Gasteiger partial charge in [0.2, 0.25) is 0 Å². The average Bonchev–Trinajstić information content (AvgIpc) is 3.09. The Labute approximate surface area is 165 Å². The van der Waals surface area contributed by atoms with E-state index in [9.17, 15) is 0 Å². The Morgan fingerprint density at radius 1 is 1.04 bits per heavy atom. The molecular weight excluding hydrogens is 400 g/mol. The van der Waals surface area contributed by atoms with Gasteiger partial charge in [-0.15, -0.1) is 0 Å². The molecule has 0 spiro atoms. The number of rotatable bonds is 4. The number of hydrogen-bond donors (Lipinski definition) is 0. The van der Waals surface area contributed by atoms with Crippen molar-refractivity contribution in [2.45, 2.75) is 6.92 Å². The van der Waals surface area contributed by atoms with Crippen LogP contribution in [0.25, 0.3) is 39.0 Å². The van der Waals surface area contributed by atoms with Crippen LogP contribution in [0.4, 0.5) is 0 Å². The molecule has 4 heteroatoms. The van der Waals surface area contributed by atoms with Crippen molar-refractivity contribution < 1.29 is 4.42 Å². The molecule has 27 heavy (non-hydrogen) atoms. The summed E-state index contributed by atoms with van der Waals surface area (Å²) in [5, 5.41) is 0.961. The molecule has 0 radical (unpaired) electrons. The van der Waals surface area contributed by atoms with E-state index in [-0.39, 0.29) is 0 Å². The van der Waals surface area contributed by atoms with Crippen LogP contribution in [0.5, 0.6) is 0 Å². The van der Waals surface area contributed by atoms with Crippen molar-refractivity contribution in [3.8, 4) is 11.4 Å². The standard InChI is InChI=1S/C23H17BrN2O/c1-3-5-10-15(4-2)19-22-20(17-13-9-14-18(24)21(17)27-22)26-23(25-19)16-11-7-6-8-12-16/h3-14H,1H2,2H3/b10-5-,15-4+. The van der Waals surface area contributed by atoms with E-state index in [1.165, 1.54) is 0 Å². The minimum atomic E-state index is 0.673. The Kier molecular flexibility index (Phi) is 4.73. The molecule has 0 bridgehead atoms. The number of halogens is 1. The quantitative estimate of drug-likeness (QED) is 0.337. The lowest BCUT2D eigenvalue weighted by atomic mass is 10.1. The summed E-state index contributed by atoms with van der Waals surface area (Å²) in [4.78, 5) is 9.68. The van der Waals surface area contributed by atoms with Crippen LogP contribution in [0.3, 0.4) is 0 Å². The van der Waals surface area contributed by atoms with E-state index in [2.05, 4.69) is 22.5 Å². The lowest BCUT2D eigenvalue weighted by molar-refractivity contribution is 0.662. The Balaban J connectivity index is 2.10. The van der Waals surface area contributed by atoms with Crippen LogP contribution in [-0.2, 0) is 0 Å². The predicted octanol–water partition coefficient (Wildman–Crippen LogP) is 6.95. The molecule has 3 nitrogen and oxygen atoms in total. The van der Waals surface area contributed by atoms with Gasteiger partial charge in [-0.05, 0) is 40.6 Å². The number of furan rings is 1. The molecule has 0 saturated carbocycles. The van der Waals surface area contributed by atoms with Crippen LogP contribution in [-0.4, -0.2) is 9.97 Å². The van der Waals surface area contributed by atoms with Gasteiger partial charge in [0.15, 0.2) is 17.0 Å². The smallest absolute Gasteiger partial charge is 0.180 e. The first-order chi connectivity index (χ1) is 13.2. The van der Waals surface area contributed by atoms with Gasteiger partial charge in [0, 0.05) is 10.9 Å². The highest BCUT2D eigenvalue weighted by atomic mass is 79.9. The molecule has 4 rings (SSSR count). The summed E-state index contributed by atoms with van der Waals surface area (Å²) in [6.45, 7) is 5.74. The van der Waals surface area contributed by atoms with E-state index in [0.717, 1.165) is 37.8 Å². The first-order valence-corrected chi connectivity index (χ1v) is 9.42. The van der Waals surface area contributed by atoms with E-state index in [0.29, 0.717) is 11.4 Å². The maximum absolute atomic E-state index is 6.20. The molecular formula is C23H17BrN2O. The lowest BCUT2D eigenvalue weighted by Gasteiger charge is -2.06. The number of para-hydroxylation sites is 1. The highest BCUT2D eigenvalue weighted by Crippen LogP contribution is 2.36. The maximum Gasteiger partial charge on any atom is 0.180 e. The summed E-state index contributed by atoms with van der Waals surface area (Å²) in [5.41, 5.74) is 4.95. The van der Waals surface area contributed by atoms with Gasteiger partial charge >= 0.3 is 0 Å². The largest absolute Gasteiger partial charge is 0.451 e. The third-order valence-corrected chi connectivity index (χ3v) is 4.94. The minimum absolute atomic E-state index is 0.673. The molecule has 0 saturated heterocycles. The van der Waals surface area contributed by atoms with Crippen LogP contribution in [0.2, 0.25) is 0 Å². The Morgan fingerprint density at radius 3 is 2.59 bits per heavy atom. The predicted molar refractivity (Wildman–Crippen MR) is 115 cm³/mol. The third kappa shape index (κ3) is 3.13.